The van der Waals surface area contributed by atoms with Crippen LogP contribution in [-0.2, 0) is 0 Å². The molecule has 0 radical (unpaired) electrons. The van der Waals surface area contributed by atoms with Crippen LogP contribution in [-0.4, -0.2) is 6.18 Å². The van der Waals surface area contributed by atoms with Gasteiger partial charge in [-0.25, -0.2) is 4.39 Å². The minimum Gasteiger partial charge on any atom is -0.208 e. The van der Waals surface area contributed by atoms with E-state index >= 15 is 0 Å². The number of alkyl halides is 3. The first-order valence-corrected chi connectivity index (χ1v) is 2.89. The van der Waals surface area contributed by atoms with Gasteiger partial charge in [0, 0.05) is 5.92 Å². The molecule has 66 valence electrons. The molecule has 0 saturated heterocycles. The average Bonchev–Trinajstić information content (AvgIpc) is 1.82. The van der Waals surface area contributed by atoms with Gasteiger partial charge >= 0.3 is 6.18 Å². The van der Waals surface area contributed by atoms with Crippen LogP contribution in [0, 0.1) is 5.92 Å². The fraction of sp³-hybridized carbons (Fsp3) is 0.667. The third-order valence-electron chi connectivity index (χ3n) is 0.965. The molecule has 0 unspecified atom stereocenters. The first-order chi connectivity index (χ1) is 4.76. The molecule has 11 heavy (non-hydrogen) atoms. The van der Waals surface area contributed by atoms with E-state index in [4.69, 9.17) is 0 Å². The maximum absolute atomic E-state index is 12.2. The van der Waals surface area contributed by atoms with Gasteiger partial charge in [0.1, 0.15) is 5.83 Å². The lowest BCUT2D eigenvalue weighted by molar-refractivity contribution is -0.111. The first-order valence-electron chi connectivity index (χ1n) is 2.89. The summed E-state index contributed by atoms with van der Waals surface area (Å²) in [5.41, 5.74) is 0. The minimum absolute atomic E-state index is 1.07. The second kappa shape index (κ2) is 3.19. The van der Waals surface area contributed by atoms with Crippen molar-refractivity contribution in [2.45, 2.75) is 20.0 Å². The molecule has 0 bridgehead atoms. The van der Waals surface area contributed by atoms with Crippen LogP contribution in [0.15, 0.2) is 11.7 Å². The molecule has 5 heteroatoms. The van der Waals surface area contributed by atoms with Crippen LogP contribution < -0.4 is 0 Å². The molecule has 0 aromatic rings. The number of allylic oxidation sites excluding steroid dienone is 2. The highest BCUT2D eigenvalue weighted by Gasteiger charge is 2.38. The smallest absolute Gasteiger partial charge is 0.208 e. The summed E-state index contributed by atoms with van der Waals surface area (Å²) >= 11 is 0. The molecule has 0 fully saturated rings. The van der Waals surface area contributed by atoms with E-state index in [1.165, 1.54) is 0 Å². The van der Waals surface area contributed by atoms with Crippen LogP contribution >= 0.6 is 0 Å². The van der Waals surface area contributed by atoms with E-state index in [1.54, 1.807) is 0 Å². The summed E-state index contributed by atoms with van der Waals surface area (Å²) in [6, 6.07) is 0. The number of halogens is 5. The molecular formula is C6H7F5. The Kier molecular flexibility index (Phi) is 3.02. The van der Waals surface area contributed by atoms with Crippen LogP contribution in [0.3, 0.4) is 0 Å². The third kappa shape index (κ3) is 2.86. The highest BCUT2D eigenvalue weighted by molar-refractivity contribution is 5.07. The Morgan fingerprint density at radius 2 is 1.45 bits per heavy atom. The number of rotatable bonds is 1. The van der Waals surface area contributed by atoms with Crippen molar-refractivity contribution in [1.29, 1.82) is 0 Å². The molecule has 0 spiro atoms. The molecule has 0 aliphatic carbocycles. The van der Waals surface area contributed by atoms with E-state index in [2.05, 4.69) is 0 Å². The summed E-state index contributed by atoms with van der Waals surface area (Å²) in [4.78, 5) is 0. The van der Waals surface area contributed by atoms with Gasteiger partial charge in [0.15, 0.2) is 0 Å². The maximum Gasteiger partial charge on any atom is 0.445 e. The van der Waals surface area contributed by atoms with Gasteiger partial charge in [-0.3, -0.25) is 0 Å². The highest BCUT2D eigenvalue weighted by atomic mass is 19.4. The van der Waals surface area contributed by atoms with Crippen molar-refractivity contribution in [3.63, 3.8) is 0 Å². The van der Waals surface area contributed by atoms with Crippen molar-refractivity contribution in [3.05, 3.63) is 11.7 Å². The monoisotopic (exact) mass is 174 g/mol. The Morgan fingerprint density at radius 3 is 1.55 bits per heavy atom. The van der Waals surface area contributed by atoms with Crippen LogP contribution in [0.2, 0.25) is 0 Å². The van der Waals surface area contributed by atoms with Crippen LogP contribution in [0.4, 0.5) is 22.0 Å². The van der Waals surface area contributed by atoms with Gasteiger partial charge in [0.05, 0.1) is 0 Å². The zero-order valence-corrected chi connectivity index (χ0v) is 5.97. The topological polar surface area (TPSA) is 0 Å². The summed E-state index contributed by atoms with van der Waals surface area (Å²) < 4.78 is 58.3. The lowest BCUT2D eigenvalue weighted by Gasteiger charge is -2.06. The summed E-state index contributed by atoms with van der Waals surface area (Å²) in [6.45, 7) is 2.28. The Morgan fingerprint density at radius 1 is 1.09 bits per heavy atom. The predicted molar refractivity (Wildman–Crippen MR) is 30.1 cm³/mol. The van der Waals surface area contributed by atoms with Crippen molar-refractivity contribution in [2.24, 2.45) is 5.92 Å². The molecule has 0 aromatic heterocycles. The molecule has 0 rings (SSSR count). The van der Waals surface area contributed by atoms with E-state index in [0.717, 1.165) is 13.8 Å². The lowest BCUT2D eigenvalue weighted by Crippen LogP contribution is -2.11. The number of hydrogen-bond donors (Lipinski definition) is 0. The van der Waals surface area contributed by atoms with Crippen molar-refractivity contribution in [3.8, 4) is 0 Å². The average molecular weight is 174 g/mol. The minimum atomic E-state index is -5.20. The lowest BCUT2D eigenvalue weighted by atomic mass is 10.2. The zero-order chi connectivity index (χ0) is 9.23. The van der Waals surface area contributed by atoms with E-state index in [0.29, 0.717) is 0 Å². The molecule has 0 atom stereocenters. The molecule has 0 amide bonds. The molecule has 0 aliphatic rings. The van der Waals surface area contributed by atoms with Gasteiger partial charge in [-0.1, -0.05) is 13.8 Å². The Balaban J connectivity index is 4.67. The van der Waals surface area contributed by atoms with Crippen LogP contribution in [0.1, 0.15) is 13.8 Å². The fourth-order valence-electron chi connectivity index (χ4n) is 0.389. The van der Waals surface area contributed by atoms with E-state index in [9.17, 15) is 22.0 Å². The molecule has 0 aromatic carbocycles. The Bertz CT molecular complexity index is 164. The van der Waals surface area contributed by atoms with Gasteiger partial charge in [0.2, 0.25) is 5.83 Å². The number of hydrogen-bond acceptors (Lipinski definition) is 0. The van der Waals surface area contributed by atoms with Gasteiger partial charge in [0.25, 0.3) is 0 Å². The Hall–Kier alpha value is -0.610. The summed E-state index contributed by atoms with van der Waals surface area (Å²) in [7, 11) is 0. The van der Waals surface area contributed by atoms with E-state index < -0.39 is 23.7 Å². The van der Waals surface area contributed by atoms with Crippen molar-refractivity contribution >= 4 is 0 Å². The summed E-state index contributed by atoms with van der Waals surface area (Å²) in [6.07, 6.45) is -5.20. The molecule has 0 heterocycles. The van der Waals surface area contributed by atoms with Gasteiger partial charge in [-0.15, -0.1) is 0 Å². The summed E-state index contributed by atoms with van der Waals surface area (Å²) in [5, 5.41) is 0. The maximum atomic E-state index is 12.2. The van der Waals surface area contributed by atoms with Gasteiger partial charge in [-0.2, -0.15) is 17.6 Å². The molecule has 0 N–H and O–H groups in total. The van der Waals surface area contributed by atoms with Crippen molar-refractivity contribution in [1.82, 2.24) is 0 Å². The van der Waals surface area contributed by atoms with E-state index in [1.807, 2.05) is 0 Å². The van der Waals surface area contributed by atoms with Crippen LogP contribution in [0.5, 0.6) is 0 Å². The molecule has 0 nitrogen and oxygen atoms in total. The fourth-order valence-corrected chi connectivity index (χ4v) is 0.389. The van der Waals surface area contributed by atoms with Crippen molar-refractivity contribution in [2.75, 3.05) is 0 Å². The molecular weight excluding hydrogens is 167 g/mol. The highest BCUT2D eigenvalue weighted by Crippen LogP contribution is 2.32. The van der Waals surface area contributed by atoms with Gasteiger partial charge in [-0.05, 0) is 0 Å². The normalized spacial score (nSPS) is 15.3. The molecule has 0 aliphatic heterocycles. The SMILES string of the molecule is CC(C)/C(F)=C(\F)C(F)(F)F. The van der Waals surface area contributed by atoms with Crippen molar-refractivity contribution < 1.29 is 22.0 Å². The second-order valence-corrected chi connectivity index (χ2v) is 2.31. The zero-order valence-electron chi connectivity index (χ0n) is 5.97. The Labute approximate surface area is 60.7 Å². The predicted octanol–water partition coefficient (Wildman–Crippen LogP) is 3.36. The molecule has 0 saturated carbocycles. The van der Waals surface area contributed by atoms with Gasteiger partial charge < -0.3 is 0 Å². The quantitative estimate of drug-likeness (QED) is 0.534. The first kappa shape index (κ1) is 10.4. The van der Waals surface area contributed by atoms with E-state index in [-0.39, 0.29) is 0 Å². The standard InChI is InChI=1S/C6H7F5/c1-3(2)4(7)5(8)6(9,10)11/h3H,1-2H3/b5-4+. The third-order valence-corrected chi connectivity index (χ3v) is 0.965. The largest absolute Gasteiger partial charge is 0.445 e. The second-order valence-electron chi connectivity index (χ2n) is 2.31. The summed E-state index contributed by atoms with van der Waals surface area (Å²) in [5.74, 6) is -5.46. The van der Waals surface area contributed by atoms with Crippen LogP contribution in [0.25, 0.3) is 0 Å².